The van der Waals surface area contributed by atoms with Crippen LogP contribution in [0.4, 0.5) is 0 Å². The summed E-state index contributed by atoms with van der Waals surface area (Å²) in [5.41, 5.74) is 0.952. The van der Waals surface area contributed by atoms with E-state index in [1.165, 1.54) is 0 Å². The Labute approximate surface area is 144 Å². The Kier molecular flexibility index (Phi) is 6.26. The average molecular weight is 357 g/mol. The van der Waals surface area contributed by atoms with Gasteiger partial charge in [0.05, 0.1) is 12.6 Å². The van der Waals surface area contributed by atoms with E-state index in [2.05, 4.69) is 5.32 Å². The molecule has 1 aromatic heterocycles. The number of benzene rings is 1. The number of thiophene rings is 1. The molecule has 1 aromatic carbocycles. The van der Waals surface area contributed by atoms with Crippen molar-refractivity contribution in [3.05, 3.63) is 56.2 Å². The van der Waals surface area contributed by atoms with Crippen LogP contribution in [0.25, 0.3) is 0 Å². The van der Waals surface area contributed by atoms with Crippen LogP contribution in [0.2, 0.25) is 10.0 Å². The second kappa shape index (κ2) is 7.97. The van der Waals surface area contributed by atoms with Gasteiger partial charge in [0, 0.05) is 21.5 Å². The van der Waals surface area contributed by atoms with E-state index in [9.17, 15) is 4.79 Å². The van der Waals surface area contributed by atoms with Crippen LogP contribution in [-0.4, -0.2) is 24.4 Å². The number of carbonyl (C=O) groups is 1. The van der Waals surface area contributed by atoms with Gasteiger partial charge >= 0.3 is 0 Å². The summed E-state index contributed by atoms with van der Waals surface area (Å²) in [4.78, 5) is 15.2. The highest BCUT2D eigenvalue weighted by molar-refractivity contribution is 7.10. The van der Waals surface area contributed by atoms with Gasteiger partial charge in [-0.05, 0) is 43.1 Å². The fraction of sp³-hybridized carbons (Fsp3) is 0.312. The highest BCUT2D eigenvalue weighted by Gasteiger charge is 2.13. The molecule has 2 aromatic rings. The van der Waals surface area contributed by atoms with Gasteiger partial charge in [0.15, 0.2) is 0 Å². The lowest BCUT2D eigenvalue weighted by Gasteiger charge is -2.19. The van der Waals surface area contributed by atoms with Crippen LogP contribution in [0.1, 0.15) is 23.4 Å². The molecular formula is C16H18Cl2N2OS. The van der Waals surface area contributed by atoms with E-state index in [0.29, 0.717) is 23.1 Å². The Morgan fingerprint density at radius 1 is 1.36 bits per heavy atom. The molecule has 0 aliphatic carbocycles. The van der Waals surface area contributed by atoms with Crippen LogP contribution < -0.4 is 5.32 Å². The molecule has 3 nitrogen and oxygen atoms in total. The number of rotatable bonds is 6. The van der Waals surface area contributed by atoms with Crippen molar-refractivity contribution in [3.8, 4) is 0 Å². The van der Waals surface area contributed by atoms with Gasteiger partial charge in [-0.3, -0.25) is 9.69 Å². The number of amides is 1. The smallest absolute Gasteiger partial charge is 0.234 e. The zero-order valence-electron chi connectivity index (χ0n) is 12.5. The second-order valence-corrected chi connectivity index (χ2v) is 7.04. The molecule has 0 aliphatic heterocycles. The molecule has 0 bridgehead atoms. The molecule has 0 saturated carbocycles. The molecule has 1 atom stereocenters. The Balaban J connectivity index is 1.86. The molecule has 0 saturated heterocycles. The highest BCUT2D eigenvalue weighted by Crippen LogP contribution is 2.22. The molecule has 0 radical (unpaired) electrons. The number of halogens is 2. The van der Waals surface area contributed by atoms with Gasteiger partial charge in [0.25, 0.3) is 0 Å². The molecule has 1 amide bonds. The molecule has 0 aliphatic rings. The van der Waals surface area contributed by atoms with Crippen molar-refractivity contribution in [2.24, 2.45) is 0 Å². The first kappa shape index (κ1) is 17.3. The summed E-state index contributed by atoms with van der Waals surface area (Å²) >= 11 is 13.7. The van der Waals surface area contributed by atoms with Crippen molar-refractivity contribution < 1.29 is 4.79 Å². The summed E-state index contributed by atoms with van der Waals surface area (Å²) in [5, 5.41) is 6.23. The second-order valence-electron chi connectivity index (χ2n) is 5.21. The minimum absolute atomic E-state index is 0.00603. The molecule has 1 unspecified atom stereocenters. The minimum atomic E-state index is -0.00603. The molecule has 22 heavy (non-hydrogen) atoms. The molecule has 0 spiro atoms. The van der Waals surface area contributed by atoms with E-state index < -0.39 is 0 Å². The maximum absolute atomic E-state index is 12.1. The summed E-state index contributed by atoms with van der Waals surface area (Å²) < 4.78 is 0. The summed E-state index contributed by atoms with van der Waals surface area (Å²) in [6.45, 7) is 2.89. The Morgan fingerprint density at radius 2 is 2.14 bits per heavy atom. The van der Waals surface area contributed by atoms with E-state index in [0.717, 1.165) is 10.4 Å². The third kappa shape index (κ3) is 4.99. The maximum Gasteiger partial charge on any atom is 0.234 e. The molecule has 2 rings (SSSR count). The van der Waals surface area contributed by atoms with Crippen molar-refractivity contribution in [1.82, 2.24) is 10.2 Å². The highest BCUT2D eigenvalue weighted by atomic mass is 35.5. The lowest BCUT2D eigenvalue weighted by Crippen LogP contribution is -2.36. The zero-order chi connectivity index (χ0) is 16.1. The van der Waals surface area contributed by atoms with Gasteiger partial charge in [-0.25, -0.2) is 0 Å². The number of hydrogen-bond acceptors (Lipinski definition) is 3. The van der Waals surface area contributed by atoms with E-state index in [1.807, 2.05) is 42.5 Å². The van der Waals surface area contributed by atoms with Crippen LogP contribution >= 0.6 is 34.5 Å². The molecule has 118 valence electrons. The van der Waals surface area contributed by atoms with Crippen molar-refractivity contribution in [1.29, 1.82) is 0 Å². The van der Waals surface area contributed by atoms with E-state index in [-0.39, 0.29) is 11.9 Å². The first-order valence-corrected chi connectivity index (χ1v) is 8.54. The summed E-state index contributed by atoms with van der Waals surface area (Å²) in [6.07, 6.45) is 0. The summed E-state index contributed by atoms with van der Waals surface area (Å²) in [7, 11) is 1.89. The summed E-state index contributed by atoms with van der Waals surface area (Å²) in [5.74, 6) is -0.00603. The Morgan fingerprint density at radius 3 is 2.77 bits per heavy atom. The monoisotopic (exact) mass is 356 g/mol. The standard InChI is InChI=1S/C16H18Cl2N2OS/c1-11(15-4-3-7-22-15)19-16(21)10-20(2)9-12-5-6-13(17)8-14(12)18/h3-8,11H,9-10H2,1-2H3,(H,19,21). The minimum Gasteiger partial charge on any atom is -0.348 e. The van der Waals surface area contributed by atoms with Crippen molar-refractivity contribution in [2.75, 3.05) is 13.6 Å². The fourth-order valence-electron chi connectivity index (χ4n) is 2.14. The third-order valence-corrected chi connectivity index (χ3v) is 4.86. The van der Waals surface area contributed by atoms with Crippen LogP contribution in [0.5, 0.6) is 0 Å². The van der Waals surface area contributed by atoms with Gasteiger partial charge < -0.3 is 5.32 Å². The zero-order valence-corrected chi connectivity index (χ0v) is 14.8. The molecule has 1 heterocycles. The number of nitrogens with one attached hydrogen (secondary N) is 1. The first-order valence-electron chi connectivity index (χ1n) is 6.91. The molecule has 6 heteroatoms. The van der Waals surface area contributed by atoms with E-state index in [1.54, 1.807) is 23.5 Å². The van der Waals surface area contributed by atoms with Crippen LogP contribution in [-0.2, 0) is 11.3 Å². The first-order chi connectivity index (χ1) is 10.5. The van der Waals surface area contributed by atoms with E-state index >= 15 is 0 Å². The van der Waals surface area contributed by atoms with Crippen LogP contribution in [0, 0.1) is 0 Å². The van der Waals surface area contributed by atoms with Gasteiger partial charge in [0.1, 0.15) is 0 Å². The average Bonchev–Trinajstić information content (AvgIpc) is 2.95. The molecule has 0 fully saturated rings. The van der Waals surface area contributed by atoms with E-state index in [4.69, 9.17) is 23.2 Å². The van der Waals surface area contributed by atoms with Crippen molar-refractivity contribution in [2.45, 2.75) is 19.5 Å². The topological polar surface area (TPSA) is 32.3 Å². The van der Waals surface area contributed by atoms with Gasteiger partial charge in [-0.15, -0.1) is 11.3 Å². The number of likely N-dealkylation sites (N-methyl/N-ethyl adjacent to an activating group) is 1. The lowest BCUT2D eigenvalue weighted by molar-refractivity contribution is -0.122. The Bertz CT molecular complexity index is 631. The lowest BCUT2D eigenvalue weighted by atomic mass is 10.2. The number of hydrogen-bond donors (Lipinski definition) is 1. The van der Waals surface area contributed by atoms with Gasteiger partial charge in [0.2, 0.25) is 5.91 Å². The van der Waals surface area contributed by atoms with Crippen molar-refractivity contribution >= 4 is 40.4 Å². The number of nitrogens with zero attached hydrogens (tertiary/aromatic N) is 1. The van der Waals surface area contributed by atoms with Crippen LogP contribution in [0.15, 0.2) is 35.7 Å². The quantitative estimate of drug-likeness (QED) is 0.833. The number of carbonyl (C=O) groups excluding carboxylic acids is 1. The maximum atomic E-state index is 12.1. The van der Waals surface area contributed by atoms with Gasteiger partial charge in [-0.1, -0.05) is 35.3 Å². The molecular weight excluding hydrogens is 339 g/mol. The largest absolute Gasteiger partial charge is 0.348 e. The SMILES string of the molecule is CC(NC(=O)CN(C)Cc1ccc(Cl)cc1Cl)c1cccs1. The predicted molar refractivity (Wildman–Crippen MR) is 93.7 cm³/mol. The third-order valence-electron chi connectivity index (χ3n) is 3.22. The summed E-state index contributed by atoms with van der Waals surface area (Å²) in [6, 6.07) is 9.43. The Hall–Kier alpha value is -1.07. The van der Waals surface area contributed by atoms with Gasteiger partial charge in [-0.2, -0.15) is 0 Å². The normalized spacial score (nSPS) is 12.4. The molecule has 1 N–H and O–H groups in total. The fourth-order valence-corrected chi connectivity index (χ4v) is 3.34. The van der Waals surface area contributed by atoms with Crippen molar-refractivity contribution in [3.63, 3.8) is 0 Å². The predicted octanol–water partition coefficient (Wildman–Crippen LogP) is 4.36. The van der Waals surface area contributed by atoms with Crippen LogP contribution in [0.3, 0.4) is 0 Å².